The molecule has 4 nitrogen and oxygen atoms in total. The van der Waals surface area contributed by atoms with Gasteiger partial charge in [0.1, 0.15) is 5.70 Å². The lowest BCUT2D eigenvalue weighted by atomic mass is 10.0. The van der Waals surface area contributed by atoms with E-state index in [1.807, 2.05) is 76.2 Å². The molecule has 0 atom stereocenters. The molecule has 0 radical (unpaired) electrons. The Hall–Kier alpha value is -3.37. The number of anilines is 2. The van der Waals surface area contributed by atoms with Crippen LogP contribution in [0.2, 0.25) is 5.02 Å². The van der Waals surface area contributed by atoms with E-state index in [2.05, 4.69) is 5.32 Å². The van der Waals surface area contributed by atoms with Gasteiger partial charge < -0.3 is 5.32 Å². The molecule has 156 valence electrons. The molecular weight excluding hydrogens is 408 g/mol. The van der Waals surface area contributed by atoms with Crippen LogP contribution in [-0.4, -0.2) is 11.8 Å². The maximum atomic E-state index is 13.6. The van der Waals surface area contributed by atoms with Gasteiger partial charge in [0.25, 0.3) is 11.8 Å². The molecule has 0 saturated carbocycles. The normalized spacial score (nSPS) is 13.9. The molecule has 1 heterocycles. The van der Waals surface area contributed by atoms with E-state index in [0.29, 0.717) is 27.5 Å². The first-order chi connectivity index (χ1) is 14.8. The van der Waals surface area contributed by atoms with Crippen molar-refractivity contribution in [3.8, 4) is 0 Å². The Balaban J connectivity index is 1.85. The van der Waals surface area contributed by atoms with Crippen molar-refractivity contribution >= 4 is 40.4 Å². The van der Waals surface area contributed by atoms with Crippen LogP contribution in [0.3, 0.4) is 0 Å². The lowest BCUT2D eigenvalue weighted by Crippen LogP contribution is -2.33. The van der Waals surface area contributed by atoms with E-state index in [9.17, 15) is 9.59 Å². The fraction of sp³-hybridized carbons (Fsp3) is 0.154. The highest BCUT2D eigenvalue weighted by molar-refractivity contribution is 6.46. The number of hydrogen-bond acceptors (Lipinski definition) is 3. The highest BCUT2D eigenvalue weighted by Crippen LogP contribution is 2.36. The molecule has 0 aromatic heterocycles. The van der Waals surface area contributed by atoms with Gasteiger partial charge in [0.2, 0.25) is 0 Å². The molecule has 1 aliphatic heterocycles. The summed E-state index contributed by atoms with van der Waals surface area (Å²) in [5, 5.41) is 3.76. The van der Waals surface area contributed by atoms with Crippen molar-refractivity contribution in [2.45, 2.75) is 27.7 Å². The van der Waals surface area contributed by atoms with Crippen LogP contribution in [0.5, 0.6) is 0 Å². The number of nitrogens with one attached hydrogen (secondary N) is 1. The SMILES string of the molecule is Cc1ccc(C2=C(Nc3ccc(C)c(Cl)c3)C(=O)N(c3cccc(C)c3C)C2=O)cc1. The standard InChI is InChI=1S/C26H23ClN2O2/c1-15-8-11-19(12-9-15)23-24(28-20-13-10-17(3)21(27)14-20)26(31)29(25(23)30)22-7-5-6-16(2)18(22)4/h5-14,28H,1-4H3. The molecular formula is C26H23ClN2O2. The Bertz CT molecular complexity index is 1240. The molecule has 0 spiro atoms. The molecule has 3 aromatic carbocycles. The minimum absolute atomic E-state index is 0.245. The second kappa shape index (κ2) is 8.05. The van der Waals surface area contributed by atoms with Crippen molar-refractivity contribution in [3.63, 3.8) is 0 Å². The predicted octanol–water partition coefficient (Wildman–Crippen LogP) is 5.97. The number of rotatable bonds is 4. The smallest absolute Gasteiger partial charge is 0.282 e. The first-order valence-corrected chi connectivity index (χ1v) is 10.4. The molecule has 1 aliphatic rings. The quantitative estimate of drug-likeness (QED) is 0.518. The minimum Gasteiger partial charge on any atom is -0.350 e. The number of carbonyl (C=O) groups excluding carboxylic acids is 2. The summed E-state index contributed by atoms with van der Waals surface area (Å²) in [5.41, 5.74) is 6.46. The first kappa shape index (κ1) is 20.9. The second-order valence-corrected chi connectivity index (χ2v) is 8.28. The Morgan fingerprint density at radius 2 is 1.52 bits per heavy atom. The Labute approximate surface area is 187 Å². The van der Waals surface area contributed by atoms with E-state index in [1.54, 1.807) is 12.1 Å². The number of nitrogens with zero attached hydrogens (tertiary/aromatic N) is 1. The molecule has 0 saturated heterocycles. The third-order valence-electron chi connectivity index (χ3n) is 5.68. The minimum atomic E-state index is -0.383. The summed E-state index contributed by atoms with van der Waals surface area (Å²) in [6.45, 7) is 7.78. The van der Waals surface area contributed by atoms with Gasteiger partial charge in [-0.2, -0.15) is 0 Å². The monoisotopic (exact) mass is 430 g/mol. The molecule has 31 heavy (non-hydrogen) atoms. The first-order valence-electron chi connectivity index (χ1n) is 10.1. The van der Waals surface area contributed by atoms with Crippen molar-refractivity contribution in [1.29, 1.82) is 0 Å². The van der Waals surface area contributed by atoms with Gasteiger partial charge in [0, 0.05) is 10.7 Å². The molecule has 4 rings (SSSR count). The van der Waals surface area contributed by atoms with Crippen LogP contribution in [0.1, 0.15) is 27.8 Å². The summed E-state index contributed by atoms with van der Waals surface area (Å²) in [6.07, 6.45) is 0. The average Bonchev–Trinajstić information content (AvgIpc) is 2.97. The van der Waals surface area contributed by atoms with Crippen molar-refractivity contribution in [1.82, 2.24) is 0 Å². The molecule has 0 unspecified atom stereocenters. The van der Waals surface area contributed by atoms with Gasteiger partial charge in [-0.25, -0.2) is 4.90 Å². The summed E-state index contributed by atoms with van der Waals surface area (Å²) in [7, 11) is 0. The summed E-state index contributed by atoms with van der Waals surface area (Å²) in [5.74, 6) is -0.728. The number of amides is 2. The fourth-order valence-electron chi connectivity index (χ4n) is 3.65. The average molecular weight is 431 g/mol. The number of aryl methyl sites for hydroxylation is 3. The summed E-state index contributed by atoms with van der Waals surface area (Å²) in [6, 6.07) is 18.7. The zero-order valence-corrected chi connectivity index (χ0v) is 18.7. The summed E-state index contributed by atoms with van der Waals surface area (Å²) >= 11 is 6.28. The second-order valence-electron chi connectivity index (χ2n) is 7.87. The van der Waals surface area contributed by atoms with E-state index in [0.717, 1.165) is 22.3 Å². The third-order valence-corrected chi connectivity index (χ3v) is 6.09. The van der Waals surface area contributed by atoms with Gasteiger partial charge in [-0.1, -0.05) is 59.6 Å². The van der Waals surface area contributed by atoms with Crippen LogP contribution in [0.15, 0.2) is 66.4 Å². The molecule has 0 fully saturated rings. The van der Waals surface area contributed by atoms with Gasteiger partial charge in [-0.3, -0.25) is 9.59 Å². The van der Waals surface area contributed by atoms with Crippen LogP contribution in [-0.2, 0) is 9.59 Å². The van der Waals surface area contributed by atoms with Crippen LogP contribution < -0.4 is 10.2 Å². The van der Waals surface area contributed by atoms with Gasteiger partial charge in [-0.05, 0) is 68.1 Å². The zero-order chi connectivity index (χ0) is 22.3. The number of benzene rings is 3. The molecule has 0 aliphatic carbocycles. The summed E-state index contributed by atoms with van der Waals surface area (Å²) in [4.78, 5) is 28.4. The molecule has 1 N–H and O–H groups in total. The number of hydrogen-bond donors (Lipinski definition) is 1. The van der Waals surface area contributed by atoms with Crippen molar-refractivity contribution in [2.75, 3.05) is 10.2 Å². The van der Waals surface area contributed by atoms with Gasteiger partial charge in [-0.15, -0.1) is 0 Å². The van der Waals surface area contributed by atoms with Gasteiger partial charge >= 0.3 is 0 Å². The molecule has 0 bridgehead atoms. The Kier molecular flexibility index (Phi) is 5.42. The third kappa shape index (κ3) is 3.75. The molecule has 3 aromatic rings. The Morgan fingerprint density at radius 3 is 2.19 bits per heavy atom. The highest BCUT2D eigenvalue weighted by atomic mass is 35.5. The van der Waals surface area contributed by atoms with E-state index in [-0.39, 0.29) is 17.5 Å². The lowest BCUT2D eigenvalue weighted by Gasteiger charge is -2.19. The predicted molar refractivity (Wildman–Crippen MR) is 126 cm³/mol. The number of imide groups is 1. The maximum absolute atomic E-state index is 13.6. The Morgan fingerprint density at radius 1 is 0.806 bits per heavy atom. The number of carbonyl (C=O) groups is 2. The number of halogens is 1. The van der Waals surface area contributed by atoms with Crippen molar-refractivity contribution < 1.29 is 9.59 Å². The summed E-state index contributed by atoms with van der Waals surface area (Å²) < 4.78 is 0. The van der Waals surface area contributed by atoms with E-state index >= 15 is 0 Å². The van der Waals surface area contributed by atoms with Gasteiger partial charge in [0.05, 0.1) is 11.3 Å². The van der Waals surface area contributed by atoms with Crippen molar-refractivity contribution in [3.05, 3.63) is 99.2 Å². The fourth-order valence-corrected chi connectivity index (χ4v) is 3.83. The van der Waals surface area contributed by atoms with E-state index < -0.39 is 0 Å². The lowest BCUT2D eigenvalue weighted by molar-refractivity contribution is -0.120. The van der Waals surface area contributed by atoms with Crippen LogP contribution in [0.25, 0.3) is 5.57 Å². The van der Waals surface area contributed by atoms with Gasteiger partial charge in [0.15, 0.2) is 0 Å². The van der Waals surface area contributed by atoms with Crippen LogP contribution in [0.4, 0.5) is 11.4 Å². The zero-order valence-electron chi connectivity index (χ0n) is 17.9. The van der Waals surface area contributed by atoms with Crippen LogP contribution in [0, 0.1) is 27.7 Å². The van der Waals surface area contributed by atoms with E-state index in [1.165, 1.54) is 4.90 Å². The topological polar surface area (TPSA) is 49.4 Å². The largest absolute Gasteiger partial charge is 0.350 e. The molecule has 5 heteroatoms. The molecule has 2 amide bonds. The van der Waals surface area contributed by atoms with E-state index in [4.69, 9.17) is 11.6 Å². The van der Waals surface area contributed by atoms with Crippen molar-refractivity contribution in [2.24, 2.45) is 0 Å². The maximum Gasteiger partial charge on any atom is 0.282 e. The highest BCUT2D eigenvalue weighted by Gasteiger charge is 2.40. The van der Waals surface area contributed by atoms with Crippen LogP contribution >= 0.6 is 11.6 Å².